The normalized spacial score (nSPS) is 12.5. The summed E-state index contributed by atoms with van der Waals surface area (Å²) in [4.78, 5) is 4.70. The van der Waals surface area contributed by atoms with E-state index in [-0.39, 0.29) is 5.41 Å². The molecule has 0 fully saturated rings. The van der Waals surface area contributed by atoms with Crippen molar-refractivity contribution < 1.29 is 4.42 Å². The van der Waals surface area contributed by atoms with Gasteiger partial charge >= 0.3 is 0 Å². The highest BCUT2D eigenvalue weighted by atomic mass is 16.3. The molecule has 3 heteroatoms. The van der Waals surface area contributed by atoms with Gasteiger partial charge in [0.25, 0.3) is 0 Å². The van der Waals surface area contributed by atoms with Crippen molar-refractivity contribution >= 4 is 56.1 Å². The fraction of sp³-hybridized carbons (Fsp3) is 0.0476. The monoisotopic (exact) mass is 846 g/mol. The third kappa shape index (κ3) is 6.85. The second-order valence-corrected chi connectivity index (χ2v) is 17.8. The minimum atomic E-state index is -0.109. The Labute approximate surface area is 386 Å². The molecule has 1 aromatic heterocycles. The molecule has 12 rings (SSSR count). The van der Waals surface area contributed by atoms with Gasteiger partial charge < -0.3 is 14.2 Å². The van der Waals surface area contributed by atoms with Gasteiger partial charge in [0.05, 0.1) is 0 Å². The molecule has 66 heavy (non-hydrogen) atoms. The third-order valence-corrected chi connectivity index (χ3v) is 13.5. The zero-order valence-corrected chi connectivity index (χ0v) is 36.9. The van der Waals surface area contributed by atoms with Gasteiger partial charge in [-0.3, -0.25) is 0 Å². The van der Waals surface area contributed by atoms with Crippen molar-refractivity contribution in [2.45, 2.75) is 19.3 Å². The maximum Gasteiger partial charge on any atom is 0.137 e. The standard InChI is InChI=1S/C63H46N2O/c1-63(2)59-19-11-9-17-55(59)56-39-37-53(41-60(56)63)64(49-29-21-45(22-30-49)43-13-5-3-6-14-43)50-33-25-47(26-34-50)48-27-35-52(36-28-48)65(51-31-23-46(24-32-51)44-15-7-4-8-16-44)54-38-40-58-57-18-10-12-20-61(57)66-62(58)42-54/h3-42H,1-2H3. The number of furan rings is 1. The minimum Gasteiger partial charge on any atom is -0.456 e. The second kappa shape index (κ2) is 16.0. The predicted molar refractivity (Wildman–Crippen MR) is 277 cm³/mol. The molecule has 1 heterocycles. The van der Waals surface area contributed by atoms with Crippen molar-refractivity contribution in [3.63, 3.8) is 0 Å². The van der Waals surface area contributed by atoms with Crippen molar-refractivity contribution in [2.24, 2.45) is 0 Å². The van der Waals surface area contributed by atoms with E-state index in [9.17, 15) is 0 Å². The van der Waals surface area contributed by atoms with Crippen molar-refractivity contribution in [3.05, 3.63) is 254 Å². The molecule has 0 amide bonds. The maximum absolute atomic E-state index is 6.39. The van der Waals surface area contributed by atoms with Gasteiger partial charge in [0.15, 0.2) is 0 Å². The molecule has 0 spiro atoms. The lowest BCUT2D eigenvalue weighted by molar-refractivity contribution is 0.660. The Bertz CT molecular complexity index is 3520. The van der Waals surface area contributed by atoms with Crippen LogP contribution < -0.4 is 9.80 Å². The summed E-state index contributed by atoms with van der Waals surface area (Å²) in [5.74, 6) is 0. The van der Waals surface area contributed by atoms with E-state index >= 15 is 0 Å². The van der Waals surface area contributed by atoms with Crippen LogP contribution in [0, 0.1) is 0 Å². The second-order valence-electron chi connectivity index (χ2n) is 17.8. The van der Waals surface area contributed by atoms with E-state index in [1.807, 2.05) is 12.1 Å². The molecule has 1 aliphatic rings. The van der Waals surface area contributed by atoms with Crippen LogP contribution in [0.4, 0.5) is 34.1 Å². The maximum atomic E-state index is 6.39. The molecular formula is C63H46N2O. The Balaban J connectivity index is 0.897. The average Bonchev–Trinajstić information content (AvgIpc) is 3.86. The van der Waals surface area contributed by atoms with Gasteiger partial charge in [-0.15, -0.1) is 0 Å². The Hall–Kier alpha value is -8.40. The van der Waals surface area contributed by atoms with Crippen LogP contribution in [-0.2, 0) is 5.41 Å². The summed E-state index contributed by atoms with van der Waals surface area (Å²) in [6, 6.07) is 87.5. The molecule has 0 unspecified atom stereocenters. The quantitative estimate of drug-likeness (QED) is 0.144. The van der Waals surface area contributed by atoms with E-state index in [0.29, 0.717) is 0 Å². The van der Waals surface area contributed by atoms with Gasteiger partial charge in [-0.05, 0) is 134 Å². The average molecular weight is 847 g/mol. The van der Waals surface area contributed by atoms with E-state index in [2.05, 4.69) is 254 Å². The number of para-hydroxylation sites is 1. The summed E-state index contributed by atoms with van der Waals surface area (Å²) >= 11 is 0. The lowest BCUT2D eigenvalue weighted by Crippen LogP contribution is -2.16. The number of rotatable bonds is 9. The van der Waals surface area contributed by atoms with Crippen molar-refractivity contribution in [1.82, 2.24) is 0 Å². The van der Waals surface area contributed by atoms with Crippen LogP contribution in [0.1, 0.15) is 25.0 Å². The number of fused-ring (bicyclic) bond motifs is 6. The first-order valence-electron chi connectivity index (χ1n) is 22.7. The Morgan fingerprint density at radius 3 is 1.20 bits per heavy atom. The zero-order chi connectivity index (χ0) is 44.2. The first-order chi connectivity index (χ1) is 32.5. The first kappa shape index (κ1) is 39.2. The largest absolute Gasteiger partial charge is 0.456 e. The topological polar surface area (TPSA) is 19.6 Å². The lowest BCUT2D eigenvalue weighted by Gasteiger charge is -2.28. The van der Waals surface area contributed by atoms with Gasteiger partial charge in [0.1, 0.15) is 11.2 Å². The molecule has 0 radical (unpaired) electrons. The summed E-state index contributed by atoms with van der Waals surface area (Å²) < 4.78 is 6.39. The Morgan fingerprint density at radius 2 is 0.667 bits per heavy atom. The number of nitrogens with zero attached hydrogens (tertiary/aromatic N) is 2. The van der Waals surface area contributed by atoms with E-state index in [1.54, 1.807) is 0 Å². The SMILES string of the molecule is CC1(C)c2ccccc2-c2ccc(N(c3ccc(-c4ccccc4)cc3)c3ccc(-c4ccc(N(c5ccc(-c6ccccc6)cc5)c5ccc6c(c5)oc5ccccc56)cc4)cc3)cc21. The van der Waals surface area contributed by atoms with E-state index < -0.39 is 0 Å². The van der Waals surface area contributed by atoms with Gasteiger partial charge in [-0.25, -0.2) is 0 Å². The predicted octanol–water partition coefficient (Wildman–Crippen LogP) is 17.8. The fourth-order valence-corrected chi connectivity index (χ4v) is 10.1. The molecule has 0 saturated heterocycles. The Morgan fingerprint density at radius 1 is 0.288 bits per heavy atom. The van der Waals surface area contributed by atoms with Crippen LogP contribution in [0.3, 0.4) is 0 Å². The molecule has 3 nitrogen and oxygen atoms in total. The number of benzene rings is 10. The van der Waals surface area contributed by atoms with Crippen LogP contribution in [0.25, 0.3) is 66.4 Å². The van der Waals surface area contributed by atoms with E-state index in [1.165, 1.54) is 44.5 Å². The van der Waals surface area contributed by atoms with Crippen LogP contribution in [0.15, 0.2) is 247 Å². The highest BCUT2D eigenvalue weighted by Crippen LogP contribution is 2.51. The summed E-state index contributed by atoms with van der Waals surface area (Å²) in [6.07, 6.45) is 0. The number of hydrogen-bond donors (Lipinski definition) is 0. The van der Waals surface area contributed by atoms with Gasteiger partial charge in [-0.2, -0.15) is 0 Å². The van der Waals surface area contributed by atoms with Crippen molar-refractivity contribution in [2.75, 3.05) is 9.80 Å². The molecular weight excluding hydrogens is 801 g/mol. The number of hydrogen-bond acceptors (Lipinski definition) is 3. The van der Waals surface area contributed by atoms with E-state index in [0.717, 1.165) is 67.2 Å². The molecule has 10 aromatic carbocycles. The highest BCUT2D eigenvalue weighted by molar-refractivity contribution is 6.06. The summed E-state index contributed by atoms with van der Waals surface area (Å²) in [7, 11) is 0. The van der Waals surface area contributed by atoms with Crippen LogP contribution in [-0.4, -0.2) is 0 Å². The molecule has 11 aromatic rings. The molecule has 0 N–H and O–H groups in total. The third-order valence-electron chi connectivity index (χ3n) is 13.5. The molecule has 0 atom stereocenters. The van der Waals surface area contributed by atoms with Gasteiger partial charge in [0.2, 0.25) is 0 Å². The molecule has 1 aliphatic carbocycles. The fourth-order valence-electron chi connectivity index (χ4n) is 10.1. The lowest BCUT2D eigenvalue weighted by atomic mass is 9.82. The summed E-state index contributed by atoms with van der Waals surface area (Å²) in [5, 5.41) is 2.24. The zero-order valence-electron chi connectivity index (χ0n) is 36.9. The van der Waals surface area contributed by atoms with Crippen LogP contribution >= 0.6 is 0 Å². The smallest absolute Gasteiger partial charge is 0.137 e. The molecule has 314 valence electrons. The van der Waals surface area contributed by atoms with Crippen molar-refractivity contribution in [3.8, 4) is 44.5 Å². The van der Waals surface area contributed by atoms with Gasteiger partial charge in [0, 0.05) is 56.4 Å². The first-order valence-corrected chi connectivity index (χ1v) is 22.7. The van der Waals surface area contributed by atoms with Crippen LogP contribution in [0.2, 0.25) is 0 Å². The minimum absolute atomic E-state index is 0.109. The Kier molecular flexibility index (Phi) is 9.50. The highest BCUT2D eigenvalue weighted by Gasteiger charge is 2.35. The van der Waals surface area contributed by atoms with E-state index in [4.69, 9.17) is 4.42 Å². The summed E-state index contributed by atoms with van der Waals surface area (Å²) in [5.41, 5.74) is 20.6. The van der Waals surface area contributed by atoms with Crippen molar-refractivity contribution in [1.29, 1.82) is 0 Å². The van der Waals surface area contributed by atoms with Crippen LogP contribution in [0.5, 0.6) is 0 Å². The summed E-state index contributed by atoms with van der Waals surface area (Å²) in [6.45, 7) is 4.70. The molecule has 0 aliphatic heterocycles. The van der Waals surface area contributed by atoms with Gasteiger partial charge in [-0.1, -0.05) is 172 Å². The molecule has 0 bridgehead atoms. The number of anilines is 6. The molecule has 0 saturated carbocycles.